The third kappa shape index (κ3) is 6.28. The molecule has 2 aliphatic heterocycles. The molecule has 1 N–H and O–H groups in total. The quantitative estimate of drug-likeness (QED) is 0.858. The van der Waals surface area contributed by atoms with E-state index >= 15 is 0 Å². The summed E-state index contributed by atoms with van der Waals surface area (Å²) in [7, 11) is 0. The van der Waals surface area contributed by atoms with Gasteiger partial charge in [0.15, 0.2) is 5.79 Å². The minimum absolute atomic E-state index is 0.131. The highest BCUT2D eigenvalue weighted by atomic mass is 16.7. The number of piperidine rings is 1. The highest BCUT2D eigenvalue weighted by molar-refractivity contribution is 5.68. The average Bonchev–Trinajstić information content (AvgIpc) is 2.77. The molecule has 6 heteroatoms. The number of carbonyl (C=O) groups excluding carboxylic acids is 1. The van der Waals surface area contributed by atoms with E-state index in [1.165, 1.54) is 0 Å². The van der Waals surface area contributed by atoms with Crippen molar-refractivity contribution < 1.29 is 19.0 Å². The number of ether oxygens (including phenoxy) is 3. The molecule has 2 saturated heterocycles. The lowest BCUT2D eigenvalue weighted by molar-refractivity contribution is -0.137. The van der Waals surface area contributed by atoms with Crippen molar-refractivity contribution in [2.75, 3.05) is 32.8 Å². The topological polar surface area (TPSA) is 60.0 Å². The van der Waals surface area contributed by atoms with Crippen LogP contribution in [-0.4, -0.2) is 61.3 Å². The van der Waals surface area contributed by atoms with E-state index in [2.05, 4.69) is 5.32 Å². The van der Waals surface area contributed by atoms with Gasteiger partial charge in [0.05, 0.1) is 12.7 Å². The number of nitrogens with one attached hydrogen (secondary N) is 1. The van der Waals surface area contributed by atoms with Crippen LogP contribution in [0.1, 0.15) is 47.5 Å². The normalized spacial score (nSPS) is 25.6. The van der Waals surface area contributed by atoms with Gasteiger partial charge in [-0.3, -0.25) is 0 Å². The van der Waals surface area contributed by atoms with E-state index in [1.54, 1.807) is 0 Å². The van der Waals surface area contributed by atoms with E-state index in [-0.39, 0.29) is 12.2 Å². The van der Waals surface area contributed by atoms with Crippen LogP contribution >= 0.6 is 0 Å². The Balaban J connectivity index is 1.61. The molecule has 2 heterocycles. The first-order valence-corrected chi connectivity index (χ1v) is 8.65. The van der Waals surface area contributed by atoms with Crippen molar-refractivity contribution in [1.29, 1.82) is 0 Å². The summed E-state index contributed by atoms with van der Waals surface area (Å²) in [4.78, 5) is 13.8. The van der Waals surface area contributed by atoms with E-state index in [9.17, 15) is 4.79 Å². The van der Waals surface area contributed by atoms with Gasteiger partial charge in [0.1, 0.15) is 5.60 Å². The van der Waals surface area contributed by atoms with Crippen LogP contribution < -0.4 is 5.32 Å². The minimum Gasteiger partial charge on any atom is -0.444 e. The summed E-state index contributed by atoms with van der Waals surface area (Å²) < 4.78 is 16.8. The molecule has 23 heavy (non-hydrogen) atoms. The van der Waals surface area contributed by atoms with Crippen molar-refractivity contribution >= 4 is 6.09 Å². The van der Waals surface area contributed by atoms with Crippen molar-refractivity contribution in [1.82, 2.24) is 10.2 Å². The number of carbonyl (C=O) groups is 1. The van der Waals surface area contributed by atoms with Crippen molar-refractivity contribution in [3.8, 4) is 0 Å². The molecule has 0 saturated carbocycles. The van der Waals surface area contributed by atoms with Gasteiger partial charge in [-0.1, -0.05) is 0 Å². The summed E-state index contributed by atoms with van der Waals surface area (Å²) in [6.07, 6.45) is 1.97. The molecule has 1 atom stereocenters. The number of hydrogen-bond acceptors (Lipinski definition) is 5. The Kier molecular flexibility index (Phi) is 5.92. The Morgan fingerprint density at radius 1 is 1.26 bits per heavy atom. The zero-order valence-corrected chi connectivity index (χ0v) is 15.2. The van der Waals surface area contributed by atoms with Crippen molar-refractivity contribution in [2.45, 2.75) is 65.0 Å². The van der Waals surface area contributed by atoms with Crippen LogP contribution in [0.5, 0.6) is 0 Å². The highest BCUT2D eigenvalue weighted by Crippen LogP contribution is 2.22. The van der Waals surface area contributed by atoms with Gasteiger partial charge in [-0.05, 0) is 59.9 Å². The van der Waals surface area contributed by atoms with Crippen LogP contribution in [0, 0.1) is 5.92 Å². The number of amides is 1. The molecule has 0 aliphatic carbocycles. The number of rotatable bonds is 4. The lowest BCUT2D eigenvalue weighted by Crippen LogP contribution is -2.43. The summed E-state index contributed by atoms with van der Waals surface area (Å²) in [5.41, 5.74) is -0.424. The summed E-state index contributed by atoms with van der Waals surface area (Å²) in [6, 6.07) is 0. The fourth-order valence-corrected chi connectivity index (χ4v) is 2.96. The summed E-state index contributed by atoms with van der Waals surface area (Å²) in [6.45, 7) is 13.6. The van der Waals surface area contributed by atoms with Gasteiger partial charge in [-0.15, -0.1) is 0 Å². The van der Waals surface area contributed by atoms with Crippen LogP contribution in [-0.2, 0) is 14.2 Å². The second kappa shape index (κ2) is 7.36. The maximum absolute atomic E-state index is 12.0. The van der Waals surface area contributed by atoms with Crippen molar-refractivity contribution in [3.05, 3.63) is 0 Å². The van der Waals surface area contributed by atoms with E-state index in [1.807, 2.05) is 39.5 Å². The lowest BCUT2D eigenvalue weighted by Gasteiger charge is -2.33. The number of hydrogen-bond donors (Lipinski definition) is 1. The van der Waals surface area contributed by atoms with Gasteiger partial charge < -0.3 is 24.4 Å². The van der Waals surface area contributed by atoms with Crippen LogP contribution in [0.4, 0.5) is 4.79 Å². The molecular weight excluding hydrogens is 296 g/mol. The molecule has 2 aliphatic rings. The molecule has 2 fully saturated rings. The molecule has 0 aromatic rings. The molecule has 0 spiro atoms. The molecule has 6 nitrogen and oxygen atoms in total. The van der Waals surface area contributed by atoms with Gasteiger partial charge in [-0.2, -0.15) is 0 Å². The maximum atomic E-state index is 12.0. The largest absolute Gasteiger partial charge is 0.444 e. The molecule has 2 rings (SSSR count). The smallest absolute Gasteiger partial charge is 0.410 e. The Morgan fingerprint density at radius 2 is 1.91 bits per heavy atom. The first-order chi connectivity index (χ1) is 10.6. The third-order valence-corrected chi connectivity index (χ3v) is 4.14. The molecule has 134 valence electrons. The predicted octanol–water partition coefficient (Wildman–Crippen LogP) is 2.37. The summed E-state index contributed by atoms with van der Waals surface area (Å²) in [5, 5.41) is 3.48. The lowest BCUT2D eigenvalue weighted by atomic mass is 9.97. The minimum atomic E-state index is -0.453. The van der Waals surface area contributed by atoms with E-state index in [4.69, 9.17) is 14.2 Å². The van der Waals surface area contributed by atoms with Crippen LogP contribution in [0.25, 0.3) is 0 Å². The Labute approximate surface area is 139 Å². The highest BCUT2D eigenvalue weighted by Gasteiger charge is 2.32. The zero-order valence-electron chi connectivity index (χ0n) is 15.2. The number of likely N-dealkylation sites (tertiary alicyclic amines) is 1. The molecule has 1 amide bonds. The first-order valence-electron chi connectivity index (χ1n) is 8.65. The first kappa shape index (κ1) is 18.5. The summed E-state index contributed by atoms with van der Waals surface area (Å²) >= 11 is 0. The van der Waals surface area contributed by atoms with Gasteiger partial charge in [-0.25, -0.2) is 4.79 Å². The number of nitrogens with zero attached hydrogens (tertiary/aromatic N) is 1. The Bertz CT molecular complexity index is 398. The molecule has 0 bridgehead atoms. The fourth-order valence-electron chi connectivity index (χ4n) is 2.96. The van der Waals surface area contributed by atoms with Gasteiger partial charge in [0, 0.05) is 19.6 Å². The monoisotopic (exact) mass is 328 g/mol. The SMILES string of the molecule is CC(C)(C)OC(=O)N1CCC(CNCC2COC(C)(C)O2)CC1. The molecule has 1 unspecified atom stereocenters. The van der Waals surface area contributed by atoms with E-state index in [0.717, 1.165) is 39.0 Å². The third-order valence-electron chi connectivity index (χ3n) is 4.14. The summed E-state index contributed by atoms with van der Waals surface area (Å²) in [5.74, 6) is 0.148. The maximum Gasteiger partial charge on any atom is 0.410 e. The Morgan fingerprint density at radius 3 is 2.43 bits per heavy atom. The average molecular weight is 328 g/mol. The standard InChI is InChI=1S/C17H32N2O4/c1-16(2,3)23-15(20)19-8-6-13(7-9-19)10-18-11-14-12-21-17(4,5)22-14/h13-14,18H,6-12H2,1-5H3. The second-order valence-electron chi connectivity index (χ2n) is 8.02. The van der Waals surface area contributed by atoms with Gasteiger partial charge in [0.2, 0.25) is 0 Å². The van der Waals surface area contributed by atoms with Gasteiger partial charge in [0.25, 0.3) is 0 Å². The van der Waals surface area contributed by atoms with E-state index < -0.39 is 11.4 Å². The van der Waals surface area contributed by atoms with Crippen molar-refractivity contribution in [3.63, 3.8) is 0 Å². The zero-order chi connectivity index (χ0) is 17.1. The second-order valence-corrected chi connectivity index (χ2v) is 8.02. The van der Waals surface area contributed by atoms with Gasteiger partial charge >= 0.3 is 6.09 Å². The predicted molar refractivity (Wildman–Crippen MR) is 88.3 cm³/mol. The fraction of sp³-hybridized carbons (Fsp3) is 0.941. The molecule has 0 aromatic carbocycles. The molecule has 0 aromatic heterocycles. The Hall–Kier alpha value is -0.850. The van der Waals surface area contributed by atoms with Crippen LogP contribution in [0.2, 0.25) is 0 Å². The van der Waals surface area contributed by atoms with Crippen LogP contribution in [0.3, 0.4) is 0 Å². The molecule has 0 radical (unpaired) electrons. The van der Waals surface area contributed by atoms with E-state index in [0.29, 0.717) is 12.5 Å². The van der Waals surface area contributed by atoms with Crippen molar-refractivity contribution in [2.24, 2.45) is 5.92 Å². The molecular formula is C17H32N2O4. The van der Waals surface area contributed by atoms with Crippen LogP contribution in [0.15, 0.2) is 0 Å².